The number of hydrogen-bond donors (Lipinski definition) is 0. The molecule has 4 heteroatoms. The lowest BCUT2D eigenvalue weighted by Gasteiger charge is -2.20. The Morgan fingerprint density at radius 3 is 1.58 bits per heavy atom. The maximum Gasteiger partial charge on any atom is 0.330 e. The van der Waals surface area contributed by atoms with Crippen molar-refractivity contribution in [2.24, 2.45) is 5.41 Å². The van der Waals surface area contributed by atoms with E-state index in [0.29, 0.717) is 13.2 Å². The number of allylic oxidation sites excluding steroid dienone is 2. The fourth-order valence-corrected chi connectivity index (χ4v) is 1.41. The maximum absolute atomic E-state index is 11.1. The van der Waals surface area contributed by atoms with Crippen molar-refractivity contribution in [1.82, 2.24) is 0 Å². The fraction of sp³-hybridized carbons (Fsp3) is 0.600. The first-order chi connectivity index (χ1) is 8.91. The summed E-state index contributed by atoms with van der Waals surface area (Å²) in [5.41, 5.74) is -0.0218. The van der Waals surface area contributed by atoms with Gasteiger partial charge in [-0.25, -0.2) is 9.59 Å². The molecule has 0 amide bonds. The SMILES string of the molecule is CCOC(=O)/C=C/CC(C)(C)C/C=C/C(=O)OCC. The van der Waals surface area contributed by atoms with E-state index in [1.54, 1.807) is 26.0 Å². The van der Waals surface area contributed by atoms with Crippen molar-refractivity contribution in [3.05, 3.63) is 24.3 Å². The second-order valence-corrected chi connectivity index (χ2v) is 4.88. The topological polar surface area (TPSA) is 52.6 Å². The minimum absolute atomic E-state index is 0.0218. The Morgan fingerprint density at radius 1 is 0.895 bits per heavy atom. The number of carbonyl (C=O) groups is 2. The molecule has 0 aliphatic heterocycles. The Morgan fingerprint density at radius 2 is 1.26 bits per heavy atom. The zero-order valence-electron chi connectivity index (χ0n) is 12.3. The summed E-state index contributed by atoms with van der Waals surface area (Å²) in [6.45, 7) is 8.45. The maximum atomic E-state index is 11.1. The first kappa shape index (κ1) is 17.4. The Labute approximate surface area is 115 Å². The molecule has 0 radical (unpaired) electrons. The van der Waals surface area contributed by atoms with E-state index < -0.39 is 0 Å². The number of rotatable bonds is 8. The van der Waals surface area contributed by atoms with Crippen molar-refractivity contribution in [3.63, 3.8) is 0 Å². The van der Waals surface area contributed by atoms with E-state index in [1.807, 2.05) is 0 Å². The molecule has 4 nitrogen and oxygen atoms in total. The van der Waals surface area contributed by atoms with Crippen molar-refractivity contribution in [2.75, 3.05) is 13.2 Å². The zero-order chi connectivity index (χ0) is 14.7. The van der Waals surface area contributed by atoms with Crippen LogP contribution in [-0.2, 0) is 19.1 Å². The van der Waals surface area contributed by atoms with Crippen LogP contribution in [0.25, 0.3) is 0 Å². The van der Waals surface area contributed by atoms with E-state index >= 15 is 0 Å². The normalized spacial score (nSPS) is 12.0. The van der Waals surface area contributed by atoms with E-state index in [1.165, 1.54) is 12.2 Å². The summed E-state index contributed by atoms with van der Waals surface area (Å²) in [5, 5.41) is 0. The molecule has 0 unspecified atom stereocenters. The highest BCUT2D eigenvalue weighted by molar-refractivity contribution is 5.82. The van der Waals surface area contributed by atoms with Gasteiger partial charge >= 0.3 is 11.9 Å². The molecule has 0 rings (SSSR count). The summed E-state index contributed by atoms with van der Waals surface area (Å²) < 4.78 is 9.59. The molecule has 0 aromatic heterocycles. The smallest absolute Gasteiger partial charge is 0.330 e. The minimum atomic E-state index is -0.319. The van der Waals surface area contributed by atoms with E-state index in [0.717, 1.165) is 12.8 Å². The molecule has 0 saturated heterocycles. The van der Waals surface area contributed by atoms with Gasteiger partial charge in [0.1, 0.15) is 0 Å². The number of esters is 2. The molecule has 0 spiro atoms. The van der Waals surface area contributed by atoms with Gasteiger partial charge in [0, 0.05) is 12.2 Å². The Hall–Kier alpha value is -1.58. The average molecular weight is 268 g/mol. The van der Waals surface area contributed by atoms with Crippen LogP contribution in [0.15, 0.2) is 24.3 Å². The van der Waals surface area contributed by atoms with Gasteiger partial charge in [0.25, 0.3) is 0 Å². The molecule has 0 N–H and O–H groups in total. The number of carbonyl (C=O) groups excluding carboxylic acids is 2. The Bertz CT molecular complexity index is 308. The van der Waals surface area contributed by atoms with Crippen LogP contribution in [0.3, 0.4) is 0 Å². The highest BCUT2D eigenvalue weighted by atomic mass is 16.5. The number of hydrogen-bond acceptors (Lipinski definition) is 4. The fourth-order valence-electron chi connectivity index (χ4n) is 1.41. The predicted molar refractivity (Wildman–Crippen MR) is 74.6 cm³/mol. The van der Waals surface area contributed by atoms with Crippen LogP contribution in [-0.4, -0.2) is 25.2 Å². The highest BCUT2D eigenvalue weighted by Crippen LogP contribution is 2.25. The molecule has 0 fully saturated rings. The molecule has 0 bridgehead atoms. The summed E-state index contributed by atoms with van der Waals surface area (Å²) >= 11 is 0. The van der Waals surface area contributed by atoms with Gasteiger partial charge in [-0.05, 0) is 32.1 Å². The lowest BCUT2D eigenvalue weighted by molar-refractivity contribution is -0.138. The van der Waals surface area contributed by atoms with E-state index in [4.69, 9.17) is 9.47 Å². The Kier molecular flexibility index (Phi) is 8.58. The van der Waals surface area contributed by atoms with Gasteiger partial charge in [0.15, 0.2) is 0 Å². The molecule has 0 aromatic rings. The minimum Gasteiger partial charge on any atom is -0.463 e. The first-order valence-corrected chi connectivity index (χ1v) is 6.58. The third kappa shape index (κ3) is 10.1. The molecular weight excluding hydrogens is 244 g/mol. The van der Waals surface area contributed by atoms with Gasteiger partial charge in [-0.1, -0.05) is 26.0 Å². The molecule has 19 heavy (non-hydrogen) atoms. The largest absolute Gasteiger partial charge is 0.463 e. The van der Waals surface area contributed by atoms with Crippen LogP contribution in [0, 0.1) is 5.41 Å². The average Bonchev–Trinajstić information content (AvgIpc) is 2.29. The summed E-state index contributed by atoms with van der Waals surface area (Å²) in [6, 6.07) is 0. The van der Waals surface area contributed by atoms with E-state index in [9.17, 15) is 9.59 Å². The second kappa shape index (κ2) is 9.36. The first-order valence-electron chi connectivity index (χ1n) is 6.58. The van der Waals surface area contributed by atoms with Gasteiger partial charge < -0.3 is 9.47 Å². The molecule has 108 valence electrons. The van der Waals surface area contributed by atoms with E-state index in [2.05, 4.69) is 13.8 Å². The zero-order valence-corrected chi connectivity index (χ0v) is 12.3. The molecule has 0 heterocycles. The van der Waals surface area contributed by atoms with Gasteiger partial charge in [-0.15, -0.1) is 0 Å². The van der Waals surface area contributed by atoms with Crippen molar-refractivity contribution in [1.29, 1.82) is 0 Å². The standard InChI is InChI=1S/C15H24O4/c1-5-18-13(16)9-7-11-15(3,4)12-8-10-14(17)19-6-2/h7-10H,5-6,11-12H2,1-4H3/b9-7+,10-8+. The lowest BCUT2D eigenvalue weighted by atomic mass is 9.85. The third-order valence-corrected chi connectivity index (χ3v) is 2.42. The van der Waals surface area contributed by atoms with Crippen LogP contribution in [0.4, 0.5) is 0 Å². The summed E-state index contributed by atoms with van der Waals surface area (Å²) in [7, 11) is 0. The third-order valence-electron chi connectivity index (χ3n) is 2.42. The molecule has 0 saturated carbocycles. The van der Waals surface area contributed by atoms with E-state index in [-0.39, 0.29) is 17.4 Å². The Balaban J connectivity index is 4.11. The van der Waals surface area contributed by atoms with Gasteiger partial charge in [0.2, 0.25) is 0 Å². The number of ether oxygens (including phenoxy) is 2. The monoisotopic (exact) mass is 268 g/mol. The van der Waals surface area contributed by atoms with Crippen LogP contribution >= 0.6 is 0 Å². The molecule has 0 aliphatic carbocycles. The predicted octanol–water partition coefficient (Wildman–Crippen LogP) is 3.03. The molecule has 0 aromatic carbocycles. The lowest BCUT2D eigenvalue weighted by Crippen LogP contribution is -2.09. The quantitative estimate of drug-likeness (QED) is 0.501. The summed E-state index contributed by atoms with van der Waals surface area (Å²) in [4.78, 5) is 22.2. The van der Waals surface area contributed by atoms with Gasteiger partial charge in [-0.2, -0.15) is 0 Å². The molecular formula is C15H24O4. The van der Waals surface area contributed by atoms with Crippen molar-refractivity contribution in [2.45, 2.75) is 40.5 Å². The highest BCUT2D eigenvalue weighted by Gasteiger charge is 2.14. The van der Waals surface area contributed by atoms with Gasteiger partial charge in [-0.3, -0.25) is 0 Å². The van der Waals surface area contributed by atoms with Gasteiger partial charge in [0.05, 0.1) is 13.2 Å². The van der Waals surface area contributed by atoms with Crippen molar-refractivity contribution < 1.29 is 19.1 Å². The van der Waals surface area contributed by atoms with Crippen molar-refractivity contribution >= 4 is 11.9 Å². The molecule has 0 aliphatic rings. The van der Waals surface area contributed by atoms with Crippen LogP contribution in [0.2, 0.25) is 0 Å². The van der Waals surface area contributed by atoms with Crippen LogP contribution in [0.1, 0.15) is 40.5 Å². The van der Waals surface area contributed by atoms with Crippen LogP contribution < -0.4 is 0 Å². The van der Waals surface area contributed by atoms with Crippen LogP contribution in [0.5, 0.6) is 0 Å². The second-order valence-electron chi connectivity index (χ2n) is 4.88. The summed E-state index contributed by atoms with van der Waals surface area (Å²) in [5.74, 6) is -0.638. The molecule has 0 atom stereocenters. The van der Waals surface area contributed by atoms with Crippen molar-refractivity contribution in [3.8, 4) is 0 Å². The summed E-state index contributed by atoms with van der Waals surface area (Å²) in [6.07, 6.45) is 7.96.